The molecule has 4 N–H and O–H groups in total. The summed E-state index contributed by atoms with van der Waals surface area (Å²) in [6, 6.07) is -0.555. The van der Waals surface area contributed by atoms with Gasteiger partial charge in [0.15, 0.2) is 16.9 Å². The van der Waals surface area contributed by atoms with Crippen LogP contribution in [0.4, 0.5) is 0 Å². The molecule has 128 valence electrons. The molecule has 0 saturated heterocycles. The van der Waals surface area contributed by atoms with Gasteiger partial charge in [-0.25, -0.2) is 9.97 Å². The first-order valence-corrected chi connectivity index (χ1v) is 7.55. The Bertz CT molecular complexity index is 855. The maximum atomic E-state index is 12.1. The van der Waals surface area contributed by atoms with Crippen molar-refractivity contribution in [3.8, 4) is 0 Å². The van der Waals surface area contributed by atoms with Crippen LogP contribution in [0.2, 0.25) is 0 Å². The van der Waals surface area contributed by atoms with E-state index in [1.807, 2.05) is 0 Å². The first-order chi connectivity index (χ1) is 11.4. The smallest absolute Gasteiger partial charge is 0.279 e. The van der Waals surface area contributed by atoms with Crippen molar-refractivity contribution in [2.75, 3.05) is 6.61 Å². The highest BCUT2D eigenvalue weighted by Gasteiger charge is 2.42. The topological polar surface area (TPSA) is 141 Å². The third-order valence-corrected chi connectivity index (χ3v) is 4.29. The number of hydrogen-bond acceptors (Lipinski definition) is 7. The largest absolute Gasteiger partial charge is 0.396 e. The van der Waals surface area contributed by atoms with Crippen LogP contribution in [0.25, 0.3) is 17.2 Å². The normalized spacial score (nSPS) is 27.3. The third kappa shape index (κ3) is 2.77. The van der Waals surface area contributed by atoms with Crippen molar-refractivity contribution in [1.29, 1.82) is 0 Å². The van der Waals surface area contributed by atoms with Crippen molar-refractivity contribution >= 4 is 23.0 Å². The second-order valence-electron chi connectivity index (χ2n) is 5.95. The molecule has 4 atom stereocenters. The summed E-state index contributed by atoms with van der Waals surface area (Å²) in [5, 5.41) is 29.5. The van der Waals surface area contributed by atoms with Crippen LogP contribution in [-0.2, 0) is 4.79 Å². The van der Waals surface area contributed by atoms with Gasteiger partial charge in [0.2, 0.25) is 0 Å². The molecule has 9 nitrogen and oxygen atoms in total. The van der Waals surface area contributed by atoms with Gasteiger partial charge >= 0.3 is 0 Å². The van der Waals surface area contributed by atoms with Crippen molar-refractivity contribution in [2.24, 2.45) is 5.92 Å². The average Bonchev–Trinajstić information content (AvgIpc) is 3.08. The Labute approximate surface area is 136 Å². The molecule has 24 heavy (non-hydrogen) atoms. The molecule has 2 heterocycles. The van der Waals surface area contributed by atoms with Crippen LogP contribution in [0.1, 0.15) is 25.2 Å². The lowest BCUT2D eigenvalue weighted by molar-refractivity contribution is -0.112. The lowest BCUT2D eigenvalue weighted by atomic mass is 10.1. The summed E-state index contributed by atoms with van der Waals surface area (Å²) in [4.78, 5) is 33.9. The zero-order valence-electron chi connectivity index (χ0n) is 13.0. The molecule has 9 heteroatoms. The Hall–Kier alpha value is -2.36. The average molecular weight is 334 g/mol. The van der Waals surface area contributed by atoms with Gasteiger partial charge < -0.3 is 24.9 Å². The molecule has 1 fully saturated rings. The molecular weight excluding hydrogens is 316 g/mol. The number of hydrogen-bond donors (Lipinski definition) is 4. The van der Waals surface area contributed by atoms with Gasteiger partial charge in [0, 0.05) is 12.5 Å². The molecule has 0 aliphatic heterocycles. The van der Waals surface area contributed by atoms with Gasteiger partial charge in [0.25, 0.3) is 5.56 Å². The predicted octanol–water partition coefficient (Wildman–Crippen LogP) is -1.00. The molecule has 1 aliphatic carbocycles. The maximum absolute atomic E-state index is 12.1. The fraction of sp³-hybridized carbons (Fsp3) is 0.467. The maximum Gasteiger partial charge on any atom is 0.279 e. The Morgan fingerprint density at radius 2 is 2.21 bits per heavy atom. The number of aromatic nitrogens is 4. The van der Waals surface area contributed by atoms with Crippen LogP contribution in [0.5, 0.6) is 0 Å². The van der Waals surface area contributed by atoms with Crippen LogP contribution < -0.4 is 5.56 Å². The summed E-state index contributed by atoms with van der Waals surface area (Å²) in [5.74, 6) is -0.455. The molecule has 0 spiro atoms. The molecule has 0 radical (unpaired) electrons. The third-order valence-electron chi connectivity index (χ3n) is 4.29. The number of carbonyl (C=O) groups excluding carboxylic acids is 1. The Kier molecular flexibility index (Phi) is 4.31. The van der Waals surface area contributed by atoms with Crippen LogP contribution in [0, 0.1) is 5.92 Å². The fourth-order valence-electron chi connectivity index (χ4n) is 3.02. The predicted molar refractivity (Wildman–Crippen MR) is 84.1 cm³/mol. The monoisotopic (exact) mass is 334 g/mol. The number of ketones is 1. The quantitative estimate of drug-likeness (QED) is 0.525. The highest BCUT2D eigenvalue weighted by Crippen LogP contribution is 2.36. The number of H-pyrrole nitrogens is 1. The number of allylic oxidation sites excluding steroid dienone is 1. The van der Waals surface area contributed by atoms with Gasteiger partial charge in [-0.3, -0.25) is 9.59 Å². The van der Waals surface area contributed by atoms with E-state index >= 15 is 0 Å². The van der Waals surface area contributed by atoms with Crippen LogP contribution in [-0.4, -0.2) is 59.4 Å². The SMILES string of the molecule is CC(=O)/C=C/c1nc2c(ncn2[C@@H]2C[C@H](CO)[C@@H](O)[C@H]2O)c(=O)[nH]1. The first kappa shape index (κ1) is 16.5. The summed E-state index contributed by atoms with van der Waals surface area (Å²) >= 11 is 0. The van der Waals surface area contributed by atoms with Crippen LogP contribution >= 0.6 is 0 Å². The summed E-state index contributed by atoms with van der Waals surface area (Å²) in [5.41, 5.74) is -0.116. The molecule has 3 rings (SSSR count). The van der Waals surface area contributed by atoms with Crippen molar-refractivity contribution in [3.05, 3.63) is 28.6 Å². The summed E-state index contributed by atoms with van der Waals surface area (Å²) in [6.45, 7) is 1.13. The Balaban J connectivity index is 2.06. The molecule has 0 aromatic carbocycles. The zero-order valence-corrected chi connectivity index (χ0v) is 13.0. The number of aliphatic hydroxyl groups excluding tert-OH is 3. The number of aromatic amines is 1. The summed E-state index contributed by atoms with van der Waals surface area (Å²) < 4.78 is 1.53. The number of carbonyl (C=O) groups is 1. The van der Waals surface area contributed by atoms with Gasteiger partial charge in [-0.2, -0.15) is 0 Å². The van der Waals surface area contributed by atoms with E-state index in [9.17, 15) is 24.9 Å². The molecule has 1 saturated carbocycles. The Morgan fingerprint density at radius 3 is 2.83 bits per heavy atom. The number of aliphatic hydroxyl groups is 3. The highest BCUT2D eigenvalue weighted by molar-refractivity contribution is 5.91. The van der Waals surface area contributed by atoms with E-state index in [4.69, 9.17) is 0 Å². The van der Waals surface area contributed by atoms with Crippen molar-refractivity contribution in [2.45, 2.75) is 31.6 Å². The first-order valence-electron chi connectivity index (χ1n) is 7.55. The van der Waals surface area contributed by atoms with E-state index < -0.39 is 29.7 Å². The number of nitrogens with zero attached hydrogens (tertiary/aromatic N) is 3. The second-order valence-corrected chi connectivity index (χ2v) is 5.95. The van der Waals surface area contributed by atoms with Crippen molar-refractivity contribution in [3.63, 3.8) is 0 Å². The fourth-order valence-corrected chi connectivity index (χ4v) is 3.02. The minimum absolute atomic E-state index is 0.101. The molecule has 0 bridgehead atoms. The van der Waals surface area contributed by atoms with E-state index in [0.29, 0.717) is 6.42 Å². The van der Waals surface area contributed by atoms with Gasteiger partial charge in [-0.15, -0.1) is 0 Å². The van der Waals surface area contributed by atoms with Gasteiger partial charge in [-0.1, -0.05) is 0 Å². The number of rotatable bonds is 4. The number of imidazole rings is 1. The zero-order chi connectivity index (χ0) is 17.4. The van der Waals surface area contributed by atoms with E-state index in [1.54, 1.807) is 0 Å². The summed E-state index contributed by atoms with van der Waals surface area (Å²) in [7, 11) is 0. The molecule has 0 amide bonds. The lowest BCUT2D eigenvalue weighted by Crippen LogP contribution is -2.30. The van der Waals surface area contributed by atoms with E-state index in [-0.39, 0.29) is 29.4 Å². The Morgan fingerprint density at radius 1 is 1.46 bits per heavy atom. The van der Waals surface area contributed by atoms with Crippen LogP contribution in [0.3, 0.4) is 0 Å². The second kappa shape index (κ2) is 6.27. The standard InChI is InChI=1S/C15H18N4O5/c1-7(21)2-3-10-17-14-11(15(24)18-10)16-6-19(14)9-4-8(5-20)12(22)13(9)23/h2-3,6,8-9,12-13,20,22-23H,4-5H2,1H3,(H,17,18,24)/b3-2+/t8-,9-,12-,13+/m1/s1. The van der Waals surface area contributed by atoms with E-state index in [0.717, 1.165) is 0 Å². The molecule has 2 aromatic heterocycles. The van der Waals surface area contributed by atoms with Gasteiger partial charge in [0.05, 0.1) is 18.5 Å². The molecule has 1 aliphatic rings. The number of nitrogens with one attached hydrogen (secondary N) is 1. The van der Waals surface area contributed by atoms with Crippen LogP contribution in [0.15, 0.2) is 17.2 Å². The number of fused-ring (bicyclic) bond motifs is 1. The minimum atomic E-state index is -1.10. The van der Waals surface area contributed by atoms with Crippen molar-refractivity contribution in [1.82, 2.24) is 19.5 Å². The van der Waals surface area contributed by atoms with Gasteiger partial charge in [-0.05, 0) is 25.5 Å². The van der Waals surface area contributed by atoms with E-state index in [1.165, 1.54) is 30.0 Å². The van der Waals surface area contributed by atoms with Crippen molar-refractivity contribution < 1.29 is 20.1 Å². The van der Waals surface area contributed by atoms with E-state index in [2.05, 4.69) is 15.0 Å². The minimum Gasteiger partial charge on any atom is -0.396 e. The lowest BCUT2D eigenvalue weighted by Gasteiger charge is -2.18. The van der Waals surface area contributed by atoms with Gasteiger partial charge in [0.1, 0.15) is 11.9 Å². The highest BCUT2D eigenvalue weighted by atomic mass is 16.3. The molecular formula is C15H18N4O5. The summed E-state index contributed by atoms with van der Waals surface area (Å²) in [6.07, 6.45) is 2.22. The molecule has 2 aromatic rings. The molecule has 0 unspecified atom stereocenters.